The number of benzene rings is 1. The second-order valence-corrected chi connectivity index (χ2v) is 7.86. The van der Waals surface area contributed by atoms with E-state index in [-0.39, 0.29) is 0 Å². The summed E-state index contributed by atoms with van der Waals surface area (Å²) in [5.74, 6) is 1.47. The molecule has 0 amide bonds. The van der Waals surface area contributed by atoms with Crippen LogP contribution in [0.25, 0.3) is 0 Å². The largest absolute Gasteiger partial charge is 0.313 e. The van der Waals surface area contributed by atoms with Crippen LogP contribution >= 0.6 is 15.9 Å². The molecular weight excluding hydrogens is 298 g/mol. The average molecular weight is 324 g/mol. The molecule has 1 nitrogen and oxygen atoms in total. The molecule has 1 aliphatic carbocycles. The molecule has 0 aromatic heterocycles. The quantitative estimate of drug-likeness (QED) is 0.806. The number of rotatable bonds is 5. The molecule has 0 spiro atoms. The van der Waals surface area contributed by atoms with Crippen molar-refractivity contribution < 1.29 is 0 Å². The van der Waals surface area contributed by atoms with E-state index in [1.165, 1.54) is 22.9 Å². The van der Waals surface area contributed by atoms with Crippen molar-refractivity contribution in [2.75, 3.05) is 6.54 Å². The monoisotopic (exact) mass is 323 g/mol. The smallest absolute Gasteiger partial charge is 0.0178 e. The minimum Gasteiger partial charge on any atom is -0.313 e. The molecule has 0 heterocycles. The molecular formula is C17H26BrN. The van der Waals surface area contributed by atoms with Crippen molar-refractivity contribution in [1.29, 1.82) is 0 Å². The van der Waals surface area contributed by atoms with Crippen LogP contribution in [0.1, 0.15) is 52.0 Å². The normalized spacial score (nSPS) is 23.5. The van der Waals surface area contributed by atoms with Crippen LogP contribution in [-0.4, -0.2) is 12.6 Å². The summed E-state index contributed by atoms with van der Waals surface area (Å²) in [5, 5.41) is 3.74. The first-order valence-corrected chi connectivity index (χ1v) is 8.16. The molecule has 0 radical (unpaired) electrons. The van der Waals surface area contributed by atoms with Crippen LogP contribution in [-0.2, 0) is 0 Å². The van der Waals surface area contributed by atoms with E-state index in [9.17, 15) is 0 Å². The van der Waals surface area contributed by atoms with E-state index in [4.69, 9.17) is 0 Å². The number of hydrogen-bond donors (Lipinski definition) is 1. The molecule has 1 saturated carbocycles. The van der Waals surface area contributed by atoms with E-state index in [0.717, 1.165) is 18.4 Å². The summed E-state index contributed by atoms with van der Waals surface area (Å²) < 4.78 is 1.20. The number of nitrogens with one attached hydrogen (secondary N) is 1. The molecule has 1 N–H and O–H groups in total. The summed E-state index contributed by atoms with van der Waals surface area (Å²) in [4.78, 5) is 0. The Hall–Kier alpha value is -0.340. The predicted octanol–water partition coefficient (Wildman–Crippen LogP) is 4.97. The third-order valence-electron chi connectivity index (χ3n) is 4.87. The Morgan fingerprint density at radius 1 is 1.32 bits per heavy atom. The van der Waals surface area contributed by atoms with Crippen molar-refractivity contribution in [2.24, 2.45) is 11.3 Å². The van der Waals surface area contributed by atoms with Crippen LogP contribution in [0.3, 0.4) is 0 Å². The predicted molar refractivity (Wildman–Crippen MR) is 86.5 cm³/mol. The Labute approximate surface area is 126 Å². The molecule has 106 valence electrons. The summed E-state index contributed by atoms with van der Waals surface area (Å²) in [6, 6.07) is 9.47. The van der Waals surface area contributed by atoms with Gasteiger partial charge in [0.1, 0.15) is 0 Å². The summed E-state index contributed by atoms with van der Waals surface area (Å²) in [6.45, 7) is 10.5. The highest BCUT2D eigenvalue weighted by atomic mass is 79.9. The molecule has 2 rings (SSSR count). The van der Waals surface area contributed by atoms with Crippen LogP contribution in [0.5, 0.6) is 0 Å². The molecule has 2 heteroatoms. The van der Waals surface area contributed by atoms with Crippen molar-refractivity contribution in [3.8, 4) is 0 Å². The molecule has 19 heavy (non-hydrogen) atoms. The number of halogens is 1. The third kappa shape index (κ3) is 3.82. The fraction of sp³-hybridized carbons (Fsp3) is 0.647. The van der Waals surface area contributed by atoms with Gasteiger partial charge in [0, 0.05) is 17.1 Å². The molecule has 0 aliphatic heterocycles. The van der Waals surface area contributed by atoms with Crippen molar-refractivity contribution in [3.63, 3.8) is 0 Å². The van der Waals surface area contributed by atoms with E-state index in [0.29, 0.717) is 11.5 Å². The van der Waals surface area contributed by atoms with Gasteiger partial charge in [-0.25, -0.2) is 0 Å². The van der Waals surface area contributed by atoms with Crippen LogP contribution in [0.2, 0.25) is 0 Å². The zero-order valence-corrected chi connectivity index (χ0v) is 14.1. The first-order chi connectivity index (χ1) is 8.88. The minimum absolute atomic E-state index is 0.390. The van der Waals surface area contributed by atoms with Gasteiger partial charge in [-0.1, -0.05) is 55.8 Å². The average Bonchev–Trinajstić information content (AvgIpc) is 2.26. The maximum atomic E-state index is 3.74. The minimum atomic E-state index is 0.390. The van der Waals surface area contributed by atoms with Crippen LogP contribution in [0.4, 0.5) is 0 Å². The lowest BCUT2D eigenvalue weighted by molar-refractivity contribution is 0.197. The van der Waals surface area contributed by atoms with Gasteiger partial charge in [-0.2, -0.15) is 0 Å². The molecule has 1 fully saturated rings. The van der Waals surface area contributed by atoms with Gasteiger partial charge >= 0.3 is 0 Å². The van der Waals surface area contributed by atoms with Gasteiger partial charge in [0.25, 0.3) is 0 Å². The van der Waals surface area contributed by atoms with Gasteiger partial charge in [-0.05, 0) is 47.8 Å². The van der Waals surface area contributed by atoms with E-state index in [1.807, 2.05) is 0 Å². The summed E-state index contributed by atoms with van der Waals surface area (Å²) >= 11 is 3.56. The summed E-state index contributed by atoms with van der Waals surface area (Å²) in [7, 11) is 0. The molecule has 1 aliphatic rings. The Morgan fingerprint density at radius 3 is 2.58 bits per heavy atom. The fourth-order valence-corrected chi connectivity index (χ4v) is 2.85. The Morgan fingerprint density at radius 2 is 2.00 bits per heavy atom. The zero-order valence-electron chi connectivity index (χ0n) is 12.5. The van der Waals surface area contributed by atoms with E-state index in [1.54, 1.807) is 0 Å². The van der Waals surface area contributed by atoms with Crippen molar-refractivity contribution >= 4 is 15.9 Å². The second-order valence-electron chi connectivity index (χ2n) is 6.94. The van der Waals surface area contributed by atoms with Gasteiger partial charge < -0.3 is 5.32 Å². The third-order valence-corrected chi connectivity index (χ3v) is 5.36. The Kier molecular flexibility index (Phi) is 4.73. The molecule has 0 bridgehead atoms. The Bertz CT molecular complexity index is 419. The second kappa shape index (κ2) is 5.97. The van der Waals surface area contributed by atoms with Crippen LogP contribution in [0.15, 0.2) is 28.7 Å². The maximum Gasteiger partial charge on any atom is 0.0178 e. The molecule has 0 saturated heterocycles. The lowest BCUT2D eigenvalue weighted by atomic mass is 9.74. The first-order valence-electron chi connectivity index (χ1n) is 7.37. The summed E-state index contributed by atoms with van der Waals surface area (Å²) in [5.41, 5.74) is 1.87. The van der Waals surface area contributed by atoms with E-state index < -0.39 is 0 Å². The van der Waals surface area contributed by atoms with Gasteiger partial charge in [-0.3, -0.25) is 0 Å². The lowest BCUT2D eigenvalue weighted by Crippen LogP contribution is -2.45. The van der Waals surface area contributed by atoms with Crippen LogP contribution < -0.4 is 5.32 Å². The molecule has 0 unspecified atom stereocenters. The van der Waals surface area contributed by atoms with Gasteiger partial charge in [0.15, 0.2) is 0 Å². The molecule has 1 aromatic carbocycles. The van der Waals surface area contributed by atoms with E-state index >= 15 is 0 Å². The highest BCUT2D eigenvalue weighted by Crippen LogP contribution is 2.38. The fourth-order valence-electron chi connectivity index (χ4n) is 2.43. The zero-order chi connectivity index (χ0) is 14.0. The van der Waals surface area contributed by atoms with Crippen molar-refractivity contribution in [1.82, 2.24) is 5.32 Å². The highest BCUT2D eigenvalue weighted by molar-refractivity contribution is 9.10. The topological polar surface area (TPSA) is 12.0 Å². The highest BCUT2D eigenvalue weighted by Gasteiger charge is 2.32. The van der Waals surface area contributed by atoms with Crippen molar-refractivity contribution in [2.45, 2.75) is 52.5 Å². The standard InChI is InChI=1S/C17H26BrN/c1-12(2)17(3,4)11-19-16-9-14(10-16)13-6-5-7-15(18)8-13/h5-8,12,14,16,19H,9-11H2,1-4H3. The van der Waals surface area contributed by atoms with E-state index in [2.05, 4.69) is 73.2 Å². The molecule has 0 atom stereocenters. The Balaban J connectivity index is 1.78. The first kappa shape index (κ1) is 15.1. The van der Waals surface area contributed by atoms with Gasteiger partial charge in [0.05, 0.1) is 0 Å². The SMILES string of the molecule is CC(C)C(C)(C)CNC1CC(c2cccc(Br)c2)C1. The molecule has 1 aromatic rings. The lowest BCUT2D eigenvalue weighted by Gasteiger charge is -2.39. The van der Waals surface area contributed by atoms with Gasteiger partial charge in [0.2, 0.25) is 0 Å². The summed E-state index contributed by atoms with van der Waals surface area (Å²) in [6.07, 6.45) is 2.56. The van der Waals surface area contributed by atoms with Crippen LogP contribution in [0, 0.1) is 11.3 Å². The van der Waals surface area contributed by atoms with Crippen molar-refractivity contribution in [3.05, 3.63) is 34.3 Å². The maximum absolute atomic E-state index is 3.74. The number of hydrogen-bond acceptors (Lipinski definition) is 1. The van der Waals surface area contributed by atoms with Gasteiger partial charge in [-0.15, -0.1) is 0 Å².